The number of aliphatic hydroxyl groups excluding tert-OH is 1. The van der Waals surface area contributed by atoms with Crippen molar-refractivity contribution in [3.8, 4) is 0 Å². The van der Waals surface area contributed by atoms with Crippen molar-refractivity contribution < 1.29 is 13.9 Å². The van der Waals surface area contributed by atoms with E-state index in [2.05, 4.69) is 5.32 Å². The van der Waals surface area contributed by atoms with Crippen LogP contribution in [0, 0.1) is 17.6 Å². The molecule has 1 aromatic rings. The lowest BCUT2D eigenvalue weighted by Crippen LogP contribution is -2.26. The zero-order valence-corrected chi connectivity index (χ0v) is 11.1. The van der Waals surface area contributed by atoms with E-state index in [1.54, 1.807) is 6.92 Å². The molecule has 0 aliphatic heterocycles. The molecule has 2 nitrogen and oxygen atoms in total. The second kappa shape index (κ2) is 6.81. The van der Waals surface area contributed by atoms with Gasteiger partial charge in [0.25, 0.3) is 0 Å². The van der Waals surface area contributed by atoms with E-state index in [0.717, 1.165) is 6.07 Å². The summed E-state index contributed by atoms with van der Waals surface area (Å²) in [5.41, 5.74) is 0.459. The van der Waals surface area contributed by atoms with Crippen molar-refractivity contribution in [3.63, 3.8) is 0 Å². The molecule has 1 rings (SSSR count). The molecule has 0 amide bonds. The van der Waals surface area contributed by atoms with E-state index in [0.29, 0.717) is 24.4 Å². The molecule has 0 aliphatic rings. The Hall–Kier alpha value is -1.00. The van der Waals surface area contributed by atoms with Crippen LogP contribution < -0.4 is 5.32 Å². The molecular formula is C14H21F2NO. The Morgan fingerprint density at radius 3 is 2.44 bits per heavy atom. The summed E-state index contributed by atoms with van der Waals surface area (Å²) in [6.07, 6.45) is 0.366. The predicted octanol–water partition coefficient (Wildman–Crippen LogP) is 3.02. The van der Waals surface area contributed by atoms with Crippen LogP contribution in [0.3, 0.4) is 0 Å². The third-order valence-corrected chi connectivity index (χ3v) is 2.94. The number of benzene rings is 1. The lowest BCUT2D eigenvalue weighted by atomic mass is 10.0. The maximum Gasteiger partial charge on any atom is 0.130 e. The first-order chi connectivity index (χ1) is 8.40. The molecule has 0 saturated carbocycles. The van der Waals surface area contributed by atoms with E-state index in [-0.39, 0.29) is 12.1 Å². The van der Waals surface area contributed by atoms with E-state index in [4.69, 9.17) is 0 Å². The van der Waals surface area contributed by atoms with Crippen LogP contribution in [0.5, 0.6) is 0 Å². The van der Waals surface area contributed by atoms with Crippen LogP contribution in [0.2, 0.25) is 0 Å². The maximum absolute atomic E-state index is 13.5. The van der Waals surface area contributed by atoms with Gasteiger partial charge >= 0.3 is 0 Å². The fraction of sp³-hybridized carbons (Fsp3) is 0.571. The SMILES string of the molecule is CC(O)CC(C)CNC(C)c1ccc(F)cc1F. The highest BCUT2D eigenvalue weighted by atomic mass is 19.1. The summed E-state index contributed by atoms with van der Waals surface area (Å²) in [7, 11) is 0. The maximum atomic E-state index is 13.5. The number of nitrogens with one attached hydrogen (secondary N) is 1. The molecule has 2 N–H and O–H groups in total. The lowest BCUT2D eigenvalue weighted by molar-refractivity contribution is 0.162. The summed E-state index contributed by atoms with van der Waals surface area (Å²) in [5.74, 6) is -0.792. The topological polar surface area (TPSA) is 32.3 Å². The molecule has 18 heavy (non-hydrogen) atoms. The minimum atomic E-state index is -0.564. The molecule has 0 bridgehead atoms. The highest BCUT2D eigenvalue weighted by Gasteiger charge is 2.13. The molecule has 0 aliphatic carbocycles. The largest absolute Gasteiger partial charge is 0.393 e. The number of halogens is 2. The molecule has 4 heteroatoms. The minimum absolute atomic E-state index is 0.179. The van der Waals surface area contributed by atoms with Crippen molar-refractivity contribution >= 4 is 0 Å². The number of hydrogen-bond acceptors (Lipinski definition) is 2. The van der Waals surface area contributed by atoms with Crippen LogP contribution in [0.4, 0.5) is 8.78 Å². The van der Waals surface area contributed by atoms with Gasteiger partial charge in [-0.15, -0.1) is 0 Å². The fourth-order valence-corrected chi connectivity index (χ4v) is 2.01. The Labute approximate surface area is 107 Å². The summed E-state index contributed by atoms with van der Waals surface area (Å²) < 4.78 is 26.3. The average Bonchev–Trinajstić information content (AvgIpc) is 2.25. The smallest absolute Gasteiger partial charge is 0.130 e. The first kappa shape index (κ1) is 15.1. The Morgan fingerprint density at radius 1 is 1.22 bits per heavy atom. The van der Waals surface area contributed by atoms with Crippen LogP contribution in [0.1, 0.15) is 38.8 Å². The predicted molar refractivity (Wildman–Crippen MR) is 68.2 cm³/mol. The molecule has 1 aromatic carbocycles. The fourth-order valence-electron chi connectivity index (χ4n) is 2.01. The highest BCUT2D eigenvalue weighted by Crippen LogP contribution is 2.18. The molecule has 0 heterocycles. The van der Waals surface area contributed by atoms with Gasteiger partial charge in [0, 0.05) is 17.7 Å². The van der Waals surface area contributed by atoms with Crippen molar-refractivity contribution in [2.45, 2.75) is 39.3 Å². The molecule has 0 spiro atoms. The zero-order valence-electron chi connectivity index (χ0n) is 11.1. The van der Waals surface area contributed by atoms with Crippen LogP contribution in [-0.4, -0.2) is 17.8 Å². The summed E-state index contributed by atoms with van der Waals surface area (Å²) in [6.45, 7) is 6.29. The van der Waals surface area contributed by atoms with Crippen molar-refractivity contribution in [1.29, 1.82) is 0 Å². The first-order valence-electron chi connectivity index (χ1n) is 6.26. The average molecular weight is 257 g/mol. The zero-order chi connectivity index (χ0) is 13.7. The van der Waals surface area contributed by atoms with Gasteiger partial charge in [-0.05, 0) is 38.8 Å². The minimum Gasteiger partial charge on any atom is -0.393 e. The van der Waals surface area contributed by atoms with Gasteiger partial charge in [0.05, 0.1) is 6.10 Å². The van der Waals surface area contributed by atoms with Crippen molar-refractivity contribution in [3.05, 3.63) is 35.4 Å². The second-order valence-electron chi connectivity index (χ2n) is 4.99. The first-order valence-corrected chi connectivity index (χ1v) is 6.26. The summed E-state index contributed by atoms with van der Waals surface area (Å²) in [4.78, 5) is 0. The third kappa shape index (κ3) is 4.70. The van der Waals surface area contributed by atoms with Crippen molar-refractivity contribution in [2.75, 3.05) is 6.54 Å². The molecule has 102 valence electrons. The van der Waals surface area contributed by atoms with Gasteiger partial charge in [-0.1, -0.05) is 13.0 Å². The van der Waals surface area contributed by atoms with E-state index >= 15 is 0 Å². The van der Waals surface area contributed by atoms with Gasteiger partial charge in [0.2, 0.25) is 0 Å². The van der Waals surface area contributed by atoms with Gasteiger partial charge in [-0.3, -0.25) is 0 Å². The van der Waals surface area contributed by atoms with Gasteiger partial charge < -0.3 is 10.4 Å². The Bertz CT molecular complexity index is 382. The molecule has 0 fully saturated rings. The van der Waals surface area contributed by atoms with E-state index in [1.807, 2.05) is 13.8 Å². The standard InChI is InChI=1S/C14H21F2NO/c1-9(6-10(2)18)8-17-11(3)13-5-4-12(15)7-14(13)16/h4-5,7,9-11,17-18H,6,8H2,1-3H3. The van der Waals surface area contributed by atoms with Gasteiger partial charge in [-0.25, -0.2) is 8.78 Å². The summed E-state index contributed by atoms with van der Waals surface area (Å²) >= 11 is 0. The van der Waals surface area contributed by atoms with Crippen LogP contribution in [0.15, 0.2) is 18.2 Å². The normalized spacial score (nSPS) is 16.3. The highest BCUT2D eigenvalue weighted by molar-refractivity contribution is 5.21. The Balaban J connectivity index is 2.52. The van der Waals surface area contributed by atoms with Crippen LogP contribution >= 0.6 is 0 Å². The van der Waals surface area contributed by atoms with E-state index in [9.17, 15) is 13.9 Å². The molecule has 0 radical (unpaired) electrons. The molecule has 0 aromatic heterocycles. The summed E-state index contributed by atoms with van der Waals surface area (Å²) in [5, 5.41) is 12.4. The summed E-state index contributed by atoms with van der Waals surface area (Å²) in [6, 6.07) is 3.44. The molecule has 3 atom stereocenters. The Morgan fingerprint density at radius 2 is 1.89 bits per heavy atom. The number of hydrogen-bond donors (Lipinski definition) is 2. The quantitative estimate of drug-likeness (QED) is 0.821. The monoisotopic (exact) mass is 257 g/mol. The third-order valence-electron chi connectivity index (χ3n) is 2.94. The van der Waals surface area contributed by atoms with E-state index in [1.165, 1.54) is 12.1 Å². The van der Waals surface area contributed by atoms with Crippen LogP contribution in [0.25, 0.3) is 0 Å². The second-order valence-corrected chi connectivity index (χ2v) is 4.99. The van der Waals surface area contributed by atoms with Gasteiger partial charge in [0.1, 0.15) is 11.6 Å². The van der Waals surface area contributed by atoms with Crippen molar-refractivity contribution in [1.82, 2.24) is 5.32 Å². The van der Waals surface area contributed by atoms with Crippen molar-refractivity contribution in [2.24, 2.45) is 5.92 Å². The number of aliphatic hydroxyl groups is 1. The molecular weight excluding hydrogens is 236 g/mol. The lowest BCUT2D eigenvalue weighted by Gasteiger charge is -2.19. The number of rotatable bonds is 6. The molecule has 3 unspecified atom stereocenters. The Kier molecular flexibility index (Phi) is 5.69. The van der Waals surface area contributed by atoms with Gasteiger partial charge in [-0.2, -0.15) is 0 Å². The molecule has 0 saturated heterocycles. The van der Waals surface area contributed by atoms with E-state index < -0.39 is 11.6 Å². The van der Waals surface area contributed by atoms with Crippen LogP contribution in [-0.2, 0) is 0 Å². The van der Waals surface area contributed by atoms with Gasteiger partial charge in [0.15, 0.2) is 0 Å².